The van der Waals surface area contributed by atoms with E-state index in [0.29, 0.717) is 12.5 Å². The summed E-state index contributed by atoms with van der Waals surface area (Å²) in [6, 6.07) is 7.74. The van der Waals surface area contributed by atoms with Crippen LogP contribution in [-0.2, 0) is 11.3 Å². The second-order valence-electron chi connectivity index (χ2n) is 4.96. The van der Waals surface area contributed by atoms with Crippen molar-refractivity contribution < 1.29 is 9.53 Å². The van der Waals surface area contributed by atoms with Gasteiger partial charge in [-0.1, -0.05) is 32.0 Å². The SMILES string of the molecule is CNCc1ccccc1OCC(=O)NCCC(C)C. The molecule has 0 atom stereocenters. The van der Waals surface area contributed by atoms with Gasteiger partial charge in [0.1, 0.15) is 5.75 Å². The number of hydrogen-bond donors (Lipinski definition) is 2. The van der Waals surface area contributed by atoms with E-state index < -0.39 is 0 Å². The summed E-state index contributed by atoms with van der Waals surface area (Å²) in [6.07, 6.45) is 0.988. The van der Waals surface area contributed by atoms with Gasteiger partial charge in [-0.05, 0) is 25.5 Å². The Balaban J connectivity index is 2.37. The van der Waals surface area contributed by atoms with E-state index in [0.717, 1.165) is 24.3 Å². The third kappa shape index (κ3) is 6.25. The first-order valence-electron chi connectivity index (χ1n) is 6.75. The molecule has 0 fully saturated rings. The van der Waals surface area contributed by atoms with Crippen LogP contribution in [0.15, 0.2) is 24.3 Å². The molecular weight excluding hydrogens is 240 g/mol. The average molecular weight is 264 g/mol. The molecular formula is C15H24N2O2. The summed E-state index contributed by atoms with van der Waals surface area (Å²) in [5.74, 6) is 1.29. The van der Waals surface area contributed by atoms with Crippen LogP contribution in [0.3, 0.4) is 0 Å². The molecule has 0 saturated carbocycles. The molecule has 0 radical (unpaired) electrons. The lowest BCUT2D eigenvalue weighted by atomic mass is 10.1. The lowest BCUT2D eigenvalue weighted by molar-refractivity contribution is -0.123. The third-order valence-corrected chi connectivity index (χ3v) is 2.74. The van der Waals surface area contributed by atoms with Crippen molar-refractivity contribution in [1.29, 1.82) is 0 Å². The minimum atomic E-state index is -0.0695. The molecule has 1 aromatic carbocycles. The molecule has 4 nitrogen and oxygen atoms in total. The molecule has 0 bridgehead atoms. The van der Waals surface area contributed by atoms with E-state index in [4.69, 9.17) is 4.74 Å². The van der Waals surface area contributed by atoms with Crippen LogP contribution in [0.1, 0.15) is 25.8 Å². The Morgan fingerprint density at radius 2 is 2.05 bits per heavy atom. The summed E-state index contributed by atoms with van der Waals surface area (Å²) < 4.78 is 5.56. The van der Waals surface area contributed by atoms with E-state index in [1.165, 1.54) is 0 Å². The maximum Gasteiger partial charge on any atom is 0.257 e. The fourth-order valence-electron chi connectivity index (χ4n) is 1.68. The molecule has 106 valence electrons. The van der Waals surface area contributed by atoms with E-state index in [1.807, 2.05) is 31.3 Å². The molecule has 0 aliphatic rings. The van der Waals surface area contributed by atoms with Crippen LogP contribution in [0.5, 0.6) is 5.75 Å². The quantitative estimate of drug-likeness (QED) is 0.754. The van der Waals surface area contributed by atoms with Crippen LogP contribution in [0, 0.1) is 5.92 Å². The predicted molar refractivity (Wildman–Crippen MR) is 77.2 cm³/mol. The van der Waals surface area contributed by atoms with Crippen LogP contribution < -0.4 is 15.4 Å². The molecule has 19 heavy (non-hydrogen) atoms. The Bertz CT molecular complexity index is 391. The Labute approximate surface area is 115 Å². The molecule has 2 N–H and O–H groups in total. The van der Waals surface area contributed by atoms with Crippen molar-refractivity contribution in [2.45, 2.75) is 26.8 Å². The molecule has 0 aliphatic heterocycles. The molecule has 0 aliphatic carbocycles. The molecule has 0 saturated heterocycles. The number of amides is 1. The van der Waals surface area contributed by atoms with Gasteiger partial charge in [-0.2, -0.15) is 0 Å². The van der Waals surface area contributed by atoms with Gasteiger partial charge in [-0.3, -0.25) is 4.79 Å². The summed E-state index contributed by atoms with van der Waals surface area (Å²) in [4.78, 5) is 11.6. The van der Waals surface area contributed by atoms with Crippen molar-refractivity contribution in [2.24, 2.45) is 5.92 Å². The fourth-order valence-corrected chi connectivity index (χ4v) is 1.68. The standard InChI is InChI=1S/C15H24N2O2/c1-12(2)8-9-17-15(18)11-19-14-7-5-4-6-13(14)10-16-3/h4-7,12,16H,8-11H2,1-3H3,(H,17,18). The molecule has 4 heteroatoms. The van der Waals surface area contributed by atoms with Gasteiger partial charge in [0.05, 0.1) is 0 Å². The highest BCUT2D eigenvalue weighted by molar-refractivity contribution is 5.77. The molecule has 1 aromatic rings. The summed E-state index contributed by atoms with van der Waals surface area (Å²) in [5, 5.41) is 5.93. The van der Waals surface area contributed by atoms with Crippen molar-refractivity contribution in [3.63, 3.8) is 0 Å². The third-order valence-electron chi connectivity index (χ3n) is 2.74. The number of para-hydroxylation sites is 1. The zero-order chi connectivity index (χ0) is 14.1. The van der Waals surface area contributed by atoms with Crippen LogP contribution >= 0.6 is 0 Å². The van der Waals surface area contributed by atoms with Gasteiger partial charge in [0.15, 0.2) is 6.61 Å². The van der Waals surface area contributed by atoms with Gasteiger partial charge in [0, 0.05) is 18.7 Å². The largest absolute Gasteiger partial charge is 0.483 e. The number of rotatable bonds is 8. The van der Waals surface area contributed by atoms with Crippen molar-refractivity contribution in [2.75, 3.05) is 20.2 Å². The van der Waals surface area contributed by atoms with Crippen LogP contribution in [0.25, 0.3) is 0 Å². The van der Waals surface area contributed by atoms with Gasteiger partial charge in [-0.15, -0.1) is 0 Å². The summed E-state index contributed by atoms with van der Waals surface area (Å²) >= 11 is 0. The molecule has 0 aromatic heterocycles. The summed E-state index contributed by atoms with van der Waals surface area (Å²) in [6.45, 7) is 5.77. The van der Waals surface area contributed by atoms with Gasteiger partial charge >= 0.3 is 0 Å². The topological polar surface area (TPSA) is 50.4 Å². The number of nitrogens with one attached hydrogen (secondary N) is 2. The molecule has 0 heterocycles. The van der Waals surface area contributed by atoms with E-state index in [9.17, 15) is 4.79 Å². The van der Waals surface area contributed by atoms with Crippen LogP contribution in [0.4, 0.5) is 0 Å². The molecule has 0 spiro atoms. The monoisotopic (exact) mass is 264 g/mol. The Hall–Kier alpha value is -1.55. The minimum Gasteiger partial charge on any atom is -0.483 e. The first-order chi connectivity index (χ1) is 9.13. The maximum atomic E-state index is 11.6. The molecule has 1 amide bonds. The van der Waals surface area contributed by atoms with Crippen molar-refractivity contribution in [3.8, 4) is 5.75 Å². The Kier molecular flexibility index (Phi) is 6.97. The van der Waals surface area contributed by atoms with E-state index in [2.05, 4.69) is 24.5 Å². The van der Waals surface area contributed by atoms with E-state index >= 15 is 0 Å². The van der Waals surface area contributed by atoms with E-state index in [1.54, 1.807) is 0 Å². The second-order valence-corrected chi connectivity index (χ2v) is 4.96. The van der Waals surface area contributed by atoms with Crippen molar-refractivity contribution in [3.05, 3.63) is 29.8 Å². The van der Waals surface area contributed by atoms with Gasteiger partial charge in [0.25, 0.3) is 5.91 Å². The molecule has 0 unspecified atom stereocenters. The van der Waals surface area contributed by atoms with E-state index in [-0.39, 0.29) is 12.5 Å². The zero-order valence-electron chi connectivity index (χ0n) is 12.0. The van der Waals surface area contributed by atoms with Crippen molar-refractivity contribution in [1.82, 2.24) is 10.6 Å². The maximum absolute atomic E-state index is 11.6. The smallest absolute Gasteiger partial charge is 0.257 e. The fraction of sp³-hybridized carbons (Fsp3) is 0.533. The highest BCUT2D eigenvalue weighted by Gasteiger charge is 2.06. The lowest BCUT2D eigenvalue weighted by Gasteiger charge is -2.11. The summed E-state index contributed by atoms with van der Waals surface area (Å²) in [7, 11) is 1.88. The van der Waals surface area contributed by atoms with Gasteiger partial charge in [0.2, 0.25) is 0 Å². The zero-order valence-corrected chi connectivity index (χ0v) is 12.0. The van der Waals surface area contributed by atoms with Gasteiger partial charge in [-0.25, -0.2) is 0 Å². The first kappa shape index (κ1) is 15.5. The highest BCUT2D eigenvalue weighted by atomic mass is 16.5. The molecule has 1 rings (SSSR count). The predicted octanol–water partition coefficient (Wildman–Crippen LogP) is 1.95. The lowest BCUT2D eigenvalue weighted by Crippen LogP contribution is -2.30. The van der Waals surface area contributed by atoms with Crippen LogP contribution in [0.2, 0.25) is 0 Å². The Morgan fingerprint density at radius 3 is 2.74 bits per heavy atom. The normalized spacial score (nSPS) is 10.5. The highest BCUT2D eigenvalue weighted by Crippen LogP contribution is 2.17. The minimum absolute atomic E-state index is 0.0683. The van der Waals surface area contributed by atoms with Gasteiger partial charge < -0.3 is 15.4 Å². The van der Waals surface area contributed by atoms with Crippen LogP contribution in [-0.4, -0.2) is 26.1 Å². The summed E-state index contributed by atoms with van der Waals surface area (Å²) in [5.41, 5.74) is 1.06. The Morgan fingerprint density at radius 1 is 1.32 bits per heavy atom. The number of hydrogen-bond acceptors (Lipinski definition) is 3. The van der Waals surface area contributed by atoms with Crippen molar-refractivity contribution >= 4 is 5.91 Å². The number of ether oxygens (including phenoxy) is 1. The number of carbonyl (C=O) groups is 1. The average Bonchev–Trinajstić information content (AvgIpc) is 2.37. The second kappa shape index (κ2) is 8.53. The first-order valence-corrected chi connectivity index (χ1v) is 6.75. The number of benzene rings is 1. The number of carbonyl (C=O) groups excluding carboxylic acids is 1.